The van der Waals surface area contributed by atoms with Gasteiger partial charge in [-0.3, -0.25) is 9.59 Å². The molecule has 0 aromatic heterocycles. The van der Waals surface area contributed by atoms with Crippen LogP contribution in [0.25, 0.3) is 0 Å². The lowest BCUT2D eigenvalue weighted by molar-refractivity contribution is -0.153. The average molecular weight is 287 g/mol. The maximum Gasteiger partial charge on any atom is 0.410 e. The van der Waals surface area contributed by atoms with Gasteiger partial charge < -0.3 is 19.8 Å². The number of ether oxygens (including phenoxy) is 1. The Balaban J connectivity index is 2.76. The number of amides is 1. The molecule has 0 aliphatic carbocycles. The number of nitrogens with zero attached hydrogens (tertiary/aromatic N) is 1. The highest BCUT2D eigenvalue weighted by Crippen LogP contribution is 2.26. The highest BCUT2D eigenvalue weighted by molar-refractivity contribution is 5.80. The Bertz CT molecular complexity index is 376. The molecule has 0 bridgehead atoms. The molecular formula is C13H21NO6. The van der Waals surface area contributed by atoms with Gasteiger partial charge in [-0.05, 0) is 33.6 Å². The first kappa shape index (κ1) is 16.3. The van der Waals surface area contributed by atoms with Gasteiger partial charge in [0.1, 0.15) is 5.60 Å². The van der Waals surface area contributed by atoms with E-state index in [1.807, 2.05) is 0 Å². The quantitative estimate of drug-likeness (QED) is 0.796. The second kappa shape index (κ2) is 6.11. The van der Waals surface area contributed by atoms with Gasteiger partial charge >= 0.3 is 18.0 Å². The van der Waals surface area contributed by atoms with Crippen LogP contribution in [0.5, 0.6) is 0 Å². The first-order chi connectivity index (χ1) is 9.11. The summed E-state index contributed by atoms with van der Waals surface area (Å²) in [6.07, 6.45) is -0.301. The molecule has 0 unspecified atom stereocenters. The van der Waals surface area contributed by atoms with Crippen LogP contribution in [-0.2, 0) is 14.3 Å². The van der Waals surface area contributed by atoms with Gasteiger partial charge in [-0.15, -0.1) is 0 Å². The molecule has 1 rings (SSSR count). The summed E-state index contributed by atoms with van der Waals surface area (Å²) in [5.41, 5.74) is -0.637. The molecule has 7 heteroatoms. The second-order valence-corrected chi connectivity index (χ2v) is 5.93. The Kier molecular flexibility index (Phi) is 4.97. The number of carbonyl (C=O) groups is 3. The highest BCUT2D eigenvalue weighted by Gasteiger charge is 2.37. The third kappa shape index (κ3) is 4.40. The second-order valence-electron chi connectivity index (χ2n) is 5.93. The number of hydrogen-bond donors (Lipinski definition) is 2. The molecule has 20 heavy (non-hydrogen) atoms. The number of carbonyl (C=O) groups excluding carboxylic acids is 1. The predicted octanol–water partition coefficient (Wildman–Crippen LogP) is 1.42. The summed E-state index contributed by atoms with van der Waals surface area (Å²) < 4.78 is 5.22. The zero-order chi connectivity index (χ0) is 15.5. The summed E-state index contributed by atoms with van der Waals surface area (Å²) in [5, 5.41) is 18.2. The minimum Gasteiger partial charge on any atom is -0.481 e. The number of carboxylic acids is 2. The van der Waals surface area contributed by atoms with Crippen molar-refractivity contribution in [3.05, 3.63) is 0 Å². The lowest BCUT2D eigenvalue weighted by Crippen LogP contribution is -2.37. The van der Waals surface area contributed by atoms with Crippen molar-refractivity contribution in [3.63, 3.8) is 0 Å². The first-order valence-corrected chi connectivity index (χ1v) is 6.55. The standard InChI is InChI=1S/C13H21NO6/c1-13(2,3)20-12(19)14-6-4-8(10(15)16)9(5-7-14)11(17)18/h8-9H,4-7H2,1-3H3,(H,15,16)(H,17,18)/t8-,9+. The van der Waals surface area contributed by atoms with Crippen molar-refractivity contribution in [3.8, 4) is 0 Å². The molecule has 1 aliphatic rings. The van der Waals surface area contributed by atoms with Crippen molar-refractivity contribution in [2.45, 2.75) is 39.2 Å². The van der Waals surface area contributed by atoms with Gasteiger partial charge in [-0.1, -0.05) is 0 Å². The van der Waals surface area contributed by atoms with Crippen LogP contribution >= 0.6 is 0 Å². The van der Waals surface area contributed by atoms with Gasteiger partial charge in [0.05, 0.1) is 11.8 Å². The average Bonchev–Trinajstić information content (AvgIpc) is 2.48. The Morgan fingerprint density at radius 2 is 1.40 bits per heavy atom. The lowest BCUT2D eigenvalue weighted by atomic mass is 9.88. The molecule has 0 radical (unpaired) electrons. The van der Waals surface area contributed by atoms with Crippen LogP contribution in [0.3, 0.4) is 0 Å². The van der Waals surface area contributed by atoms with Gasteiger partial charge in [0, 0.05) is 13.1 Å². The van der Waals surface area contributed by atoms with Crippen LogP contribution in [0, 0.1) is 11.8 Å². The van der Waals surface area contributed by atoms with E-state index in [1.165, 1.54) is 4.90 Å². The molecule has 114 valence electrons. The van der Waals surface area contributed by atoms with Crippen LogP contribution in [0.1, 0.15) is 33.6 Å². The molecule has 2 atom stereocenters. The van der Waals surface area contributed by atoms with E-state index in [0.29, 0.717) is 0 Å². The van der Waals surface area contributed by atoms with Gasteiger partial charge in [-0.25, -0.2) is 4.79 Å². The largest absolute Gasteiger partial charge is 0.481 e. The van der Waals surface area contributed by atoms with E-state index in [4.69, 9.17) is 14.9 Å². The Labute approximate surface area is 117 Å². The van der Waals surface area contributed by atoms with Crippen LogP contribution in [-0.4, -0.2) is 51.8 Å². The molecule has 0 aromatic rings. The summed E-state index contributed by atoms with van der Waals surface area (Å²) in [4.78, 5) is 35.6. The number of hydrogen-bond acceptors (Lipinski definition) is 4. The summed E-state index contributed by atoms with van der Waals surface area (Å²) >= 11 is 0. The smallest absolute Gasteiger partial charge is 0.410 e. The molecule has 1 saturated heterocycles. The minimum absolute atomic E-state index is 0.117. The third-order valence-corrected chi connectivity index (χ3v) is 3.19. The van der Waals surface area contributed by atoms with Crippen LogP contribution in [0.4, 0.5) is 4.79 Å². The molecule has 1 heterocycles. The number of aliphatic carboxylic acids is 2. The van der Waals surface area contributed by atoms with E-state index in [-0.39, 0.29) is 25.9 Å². The zero-order valence-electron chi connectivity index (χ0n) is 12.0. The SMILES string of the molecule is CC(C)(C)OC(=O)N1CC[C@H](C(=O)O)[C@H](C(=O)O)CC1. The molecule has 0 aromatic carbocycles. The Hall–Kier alpha value is -1.79. The van der Waals surface area contributed by atoms with Gasteiger partial charge in [-0.2, -0.15) is 0 Å². The van der Waals surface area contributed by atoms with Crippen LogP contribution < -0.4 is 0 Å². The lowest BCUT2D eigenvalue weighted by Gasteiger charge is -2.26. The molecule has 1 amide bonds. The normalized spacial score (nSPS) is 23.9. The van der Waals surface area contributed by atoms with E-state index < -0.39 is 35.5 Å². The molecular weight excluding hydrogens is 266 g/mol. The van der Waals surface area contributed by atoms with E-state index in [0.717, 1.165) is 0 Å². The third-order valence-electron chi connectivity index (χ3n) is 3.19. The number of carboxylic acid groups (broad SMARTS) is 2. The summed E-state index contributed by atoms with van der Waals surface area (Å²) in [7, 11) is 0. The molecule has 0 spiro atoms. The van der Waals surface area contributed by atoms with Gasteiger partial charge in [0.15, 0.2) is 0 Å². The Morgan fingerprint density at radius 1 is 1.00 bits per heavy atom. The maximum absolute atomic E-state index is 11.9. The topological polar surface area (TPSA) is 104 Å². The predicted molar refractivity (Wildman–Crippen MR) is 69.3 cm³/mol. The van der Waals surface area contributed by atoms with Crippen molar-refractivity contribution in [2.75, 3.05) is 13.1 Å². The van der Waals surface area contributed by atoms with Crippen molar-refractivity contribution in [2.24, 2.45) is 11.8 Å². The van der Waals surface area contributed by atoms with Gasteiger partial charge in [0.2, 0.25) is 0 Å². The molecule has 7 nitrogen and oxygen atoms in total. The van der Waals surface area contributed by atoms with Crippen molar-refractivity contribution < 1.29 is 29.3 Å². The van der Waals surface area contributed by atoms with Crippen LogP contribution in [0.15, 0.2) is 0 Å². The maximum atomic E-state index is 11.9. The molecule has 1 fully saturated rings. The first-order valence-electron chi connectivity index (χ1n) is 6.55. The van der Waals surface area contributed by atoms with E-state index in [2.05, 4.69) is 0 Å². The Morgan fingerprint density at radius 3 is 1.70 bits per heavy atom. The fourth-order valence-corrected chi connectivity index (χ4v) is 2.20. The fourth-order valence-electron chi connectivity index (χ4n) is 2.20. The van der Waals surface area contributed by atoms with E-state index in [1.54, 1.807) is 20.8 Å². The molecule has 1 aliphatic heterocycles. The number of rotatable bonds is 2. The van der Waals surface area contributed by atoms with Crippen molar-refractivity contribution in [1.82, 2.24) is 4.90 Å². The van der Waals surface area contributed by atoms with E-state index in [9.17, 15) is 14.4 Å². The number of likely N-dealkylation sites (tertiary alicyclic amines) is 1. The molecule has 2 N–H and O–H groups in total. The monoisotopic (exact) mass is 287 g/mol. The van der Waals surface area contributed by atoms with Crippen molar-refractivity contribution in [1.29, 1.82) is 0 Å². The zero-order valence-corrected chi connectivity index (χ0v) is 12.0. The van der Waals surface area contributed by atoms with E-state index >= 15 is 0 Å². The summed E-state index contributed by atoms with van der Waals surface area (Å²) in [6.45, 7) is 5.60. The fraction of sp³-hybridized carbons (Fsp3) is 0.769. The van der Waals surface area contributed by atoms with Crippen LogP contribution in [0.2, 0.25) is 0 Å². The summed E-state index contributed by atoms with van der Waals surface area (Å²) in [6, 6.07) is 0. The highest BCUT2D eigenvalue weighted by atomic mass is 16.6. The molecule has 0 saturated carbocycles. The minimum atomic E-state index is -1.14. The van der Waals surface area contributed by atoms with Crippen molar-refractivity contribution >= 4 is 18.0 Å². The summed E-state index contributed by atoms with van der Waals surface area (Å²) in [5.74, 6) is -4.22. The van der Waals surface area contributed by atoms with Gasteiger partial charge in [0.25, 0.3) is 0 Å².